The maximum absolute atomic E-state index is 5.07. The Morgan fingerprint density at radius 2 is 1.91 bits per heavy atom. The van der Waals surface area contributed by atoms with E-state index in [4.69, 9.17) is 4.74 Å². The second-order valence-electron chi connectivity index (χ2n) is 5.87. The third-order valence-electron chi connectivity index (χ3n) is 3.27. The number of halogens is 1. The Balaban J connectivity index is 0. The van der Waals surface area contributed by atoms with Crippen LogP contribution >= 0.6 is 24.0 Å². The minimum absolute atomic E-state index is 0. The Morgan fingerprint density at radius 3 is 2.50 bits per heavy atom. The summed E-state index contributed by atoms with van der Waals surface area (Å²) in [5.74, 6) is 1.73. The molecule has 0 aliphatic rings. The molecule has 0 fully saturated rings. The van der Waals surface area contributed by atoms with Gasteiger partial charge in [0.15, 0.2) is 5.96 Å². The van der Waals surface area contributed by atoms with Crippen LogP contribution in [0.2, 0.25) is 0 Å². The van der Waals surface area contributed by atoms with Crippen LogP contribution in [0.5, 0.6) is 0 Å². The molecule has 0 aromatic heterocycles. The average Bonchev–Trinajstić information content (AvgIpc) is 2.44. The van der Waals surface area contributed by atoms with Crippen LogP contribution in [0.1, 0.15) is 40.0 Å². The number of unbranched alkanes of at least 4 members (excludes halogenated alkanes) is 1. The number of nitrogens with zero attached hydrogens (tertiary/aromatic N) is 2. The van der Waals surface area contributed by atoms with Crippen LogP contribution in [-0.4, -0.2) is 64.3 Å². The van der Waals surface area contributed by atoms with Crippen molar-refractivity contribution in [2.45, 2.75) is 40.0 Å². The first-order chi connectivity index (χ1) is 10.1. The van der Waals surface area contributed by atoms with Gasteiger partial charge in [-0.3, -0.25) is 4.99 Å². The van der Waals surface area contributed by atoms with E-state index in [1.54, 1.807) is 7.11 Å². The smallest absolute Gasteiger partial charge is 0.191 e. The fourth-order valence-electron chi connectivity index (χ4n) is 1.92. The molecule has 0 unspecified atom stereocenters. The van der Waals surface area contributed by atoms with Crippen LogP contribution in [0.15, 0.2) is 4.99 Å². The highest BCUT2D eigenvalue weighted by Gasteiger charge is 2.00. The van der Waals surface area contributed by atoms with E-state index < -0.39 is 0 Å². The lowest BCUT2D eigenvalue weighted by Gasteiger charge is -2.17. The topological polar surface area (TPSA) is 48.9 Å². The van der Waals surface area contributed by atoms with Crippen molar-refractivity contribution in [1.29, 1.82) is 0 Å². The molecule has 0 saturated heterocycles. The number of methoxy groups -OCH3 is 1. The van der Waals surface area contributed by atoms with Crippen molar-refractivity contribution in [1.82, 2.24) is 15.5 Å². The van der Waals surface area contributed by atoms with E-state index in [0.29, 0.717) is 0 Å². The predicted molar refractivity (Wildman–Crippen MR) is 107 cm³/mol. The third-order valence-corrected chi connectivity index (χ3v) is 3.27. The summed E-state index contributed by atoms with van der Waals surface area (Å²) in [6.45, 7) is 12.1. The molecule has 0 heterocycles. The molecule has 0 spiro atoms. The van der Waals surface area contributed by atoms with Crippen LogP contribution in [0.4, 0.5) is 0 Å². The number of hydrogen-bond acceptors (Lipinski definition) is 3. The molecule has 0 bridgehead atoms. The molecular formula is C16H37IN4O. The largest absolute Gasteiger partial charge is 0.383 e. The molecule has 0 aromatic rings. The van der Waals surface area contributed by atoms with Crippen LogP contribution in [-0.2, 0) is 4.74 Å². The zero-order valence-corrected chi connectivity index (χ0v) is 17.5. The second-order valence-corrected chi connectivity index (χ2v) is 5.87. The molecular weight excluding hydrogens is 391 g/mol. The summed E-state index contributed by atoms with van der Waals surface area (Å²) in [7, 11) is 3.85. The van der Waals surface area contributed by atoms with Crippen molar-refractivity contribution in [3.05, 3.63) is 0 Å². The molecule has 6 heteroatoms. The first-order valence-corrected chi connectivity index (χ1v) is 8.29. The van der Waals surface area contributed by atoms with Gasteiger partial charge in [-0.2, -0.15) is 0 Å². The zero-order valence-electron chi connectivity index (χ0n) is 15.2. The molecule has 0 aliphatic heterocycles. The lowest BCUT2D eigenvalue weighted by atomic mass is 10.1. The number of nitrogens with one attached hydrogen (secondary N) is 2. The first kappa shape index (κ1) is 24.2. The Kier molecular flexibility index (Phi) is 19.0. The Bertz CT molecular complexity index is 263. The lowest BCUT2D eigenvalue weighted by Crippen LogP contribution is -2.41. The molecule has 0 aromatic carbocycles. The second kappa shape index (κ2) is 17.3. The summed E-state index contributed by atoms with van der Waals surface area (Å²) in [6.07, 6.45) is 3.73. The van der Waals surface area contributed by atoms with Crippen LogP contribution in [0, 0.1) is 5.92 Å². The molecule has 0 radical (unpaired) electrons. The molecule has 22 heavy (non-hydrogen) atoms. The normalized spacial score (nSPS) is 11.7. The van der Waals surface area contributed by atoms with Gasteiger partial charge in [-0.1, -0.05) is 26.7 Å². The SMILES string of the molecule is CCNC(=NCCCCC(C)C)NCCN(C)CCOC.I. The molecule has 0 rings (SSSR count). The first-order valence-electron chi connectivity index (χ1n) is 8.29. The molecule has 0 amide bonds. The van der Waals surface area contributed by atoms with Gasteiger partial charge in [0, 0.05) is 39.8 Å². The Hall–Kier alpha value is -0.0800. The summed E-state index contributed by atoms with van der Waals surface area (Å²) >= 11 is 0. The quantitative estimate of drug-likeness (QED) is 0.217. The van der Waals surface area contributed by atoms with E-state index in [1.807, 2.05) is 0 Å². The van der Waals surface area contributed by atoms with Crippen molar-refractivity contribution in [3.63, 3.8) is 0 Å². The Labute approximate surface area is 154 Å². The monoisotopic (exact) mass is 428 g/mol. The van der Waals surface area contributed by atoms with Gasteiger partial charge >= 0.3 is 0 Å². The summed E-state index contributed by atoms with van der Waals surface area (Å²) in [5.41, 5.74) is 0. The van der Waals surface area contributed by atoms with Gasteiger partial charge in [-0.05, 0) is 26.3 Å². The summed E-state index contributed by atoms with van der Waals surface area (Å²) in [6, 6.07) is 0. The maximum atomic E-state index is 5.07. The number of hydrogen-bond donors (Lipinski definition) is 2. The number of guanidine groups is 1. The van der Waals surface area contributed by atoms with Crippen molar-refractivity contribution >= 4 is 29.9 Å². The molecule has 0 atom stereocenters. The number of likely N-dealkylation sites (N-methyl/N-ethyl adjacent to an activating group) is 1. The predicted octanol–water partition coefficient (Wildman–Crippen LogP) is 2.56. The Morgan fingerprint density at radius 1 is 1.18 bits per heavy atom. The highest BCUT2D eigenvalue weighted by Crippen LogP contribution is 2.05. The summed E-state index contributed by atoms with van der Waals surface area (Å²) in [4.78, 5) is 6.87. The van der Waals surface area contributed by atoms with E-state index in [9.17, 15) is 0 Å². The van der Waals surface area contributed by atoms with E-state index in [1.165, 1.54) is 19.3 Å². The van der Waals surface area contributed by atoms with Gasteiger partial charge in [-0.15, -0.1) is 24.0 Å². The van der Waals surface area contributed by atoms with Crippen molar-refractivity contribution < 1.29 is 4.74 Å². The maximum Gasteiger partial charge on any atom is 0.191 e. The average molecular weight is 428 g/mol. The van der Waals surface area contributed by atoms with Crippen molar-refractivity contribution in [3.8, 4) is 0 Å². The summed E-state index contributed by atoms with van der Waals surface area (Å²) < 4.78 is 5.07. The van der Waals surface area contributed by atoms with E-state index in [2.05, 4.69) is 48.3 Å². The zero-order chi connectivity index (χ0) is 15.9. The standard InChI is InChI=1S/C16H36N4O.HI/c1-6-17-16(18-10-8-7-9-15(2)3)19-11-12-20(4)13-14-21-5;/h15H,6-14H2,1-5H3,(H2,17,18,19);1H. The van der Waals surface area contributed by atoms with Gasteiger partial charge in [-0.25, -0.2) is 0 Å². The number of aliphatic imine (C=N–C) groups is 1. The summed E-state index contributed by atoms with van der Waals surface area (Å²) in [5, 5.41) is 6.68. The van der Waals surface area contributed by atoms with Crippen LogP contribution < -0.4 is 10.6 Å². The number of ether oxygens (including phenoxy) is 1. The molecule has 0 saturated carbocycles. The van der Waals surface area contributed by atoms with Crippen molar-refractivity contribution in [2.24, 2.45) is 10.9 Å². The van der Waals surface area contributed by atoms with Crippen LogP contribution in [0.3, 0.4) is 0 Å². The fraction of sp³-hybridized carbons (Fsp3) is 0.938. The highest BCUT2D eigenvalue weighted by atomic mass is 127. The van der Waals surface area contributed by atoms with Gasteiger partial charge in [0.2, 0.25) is 0 Å². The fourth-order valence-corrected chi connectivity index (χ4v) is 1.92. The molecule has 134 valence electrons. The van der Waals surface area contributed by atoms with Gasteiger partial charge in [0.1, 0.15) is 0 Å². The number of rotatable bonds is 12. The van der Waals surface area contributed by atoms with E-state index in [-0.39, 0.29) is 24.0 Å². The van der Waals surface area contributed by atoms with E-state index in [0.717, 1.165) is 51.2 Å². The van der Waals surface area contributed by atoms with Crippen molar-refractivity contribution in [2.75, 3.05) is 53.5 Å². The third kappa shape index (κ3) is 16.3. The molecule has 2 N–H and O–H groups in total. The van der Waals surface area contributed by atoms with Gasteiger partial charge < -0.3 is 20.3 Å². The minimum Gasteiger partial charge on any atom is -0.383 e. The van der Waals surface area contributed by atoms with Gasteiger partial charge in [0.05, 0.1) is 6.61 Å². The van der Waals surface area contributed by atoms with E-state index >= 15 is 0 Å². The minimum atomic E-state index is 0. The van der Waals surface area contributed by atoms with Crippen LogP contribution in [0.25, 0.3) is 0 Å². The lowest BCUT2D eigenvalue weighted by molar-refractivity contribution is 0.162. The molecule has 5 nitrogen and oxygen atoms in total. The molecule has 0 aliphatic carbocycles. The van der Waals surface area contributed by atoms with Gasteiger partial charge in [0.25, 0.3) is 0 Å². The highest BCUT2D eigenvalue weighted by molar-refractivity contribution is 14.0.